The van der Waals surface area contributed by atoms with Crippen LogP contribution >= 0.6 is 11.8 Å². The summed E-state index contributed by atoms with van der Waals surface area (Å²) in [5.41, 5.74) is 0. The zero-order chi connectivity index (χ0) is 10.3. The smallest absolute Gasteiger partial charge is 0.152 e. The van der Waals surface area contributed by atoms with Gasteiger partial charge in [0.05, 0.1) is 11.5 Å². The normalized spacial score (nSPS) is 23.7. The van der Waals surface area contributed by atoms with E-state index in [1.165, 1.54) is 0 Å². The molecule has 0 aliphatic carbocycles. The highest BCUT2D eigenvalue weighted by Gasteiger charge is 2.13. The summed E-state index contributed by atoms with van der Waals surface area (Å²) in [6, 6.07) is 0. The van der Waals surface area contributed by atoms with Crippen molar-refractivity contribution in [2.45, 2.75) is 0 Å². The molecule has 0 spiro atoms. The van der Waals surface area contributed by atoms with Gasteiger partial charge < -0.3 is 5.32 Å². The minimum absolute atomic E-state index is 0.312. The largest absolute Gasteiger partial charge is 0.315 e. The molecule has 2 rings (SSSR count). The maximum Gasteiger partial charge on any atom is 0.152 e. The van der Waals surface area contributed by atoms with Crippen molar-refractivity contribution in [2.24, 2.45) is 0 Å². The fraction of sp³-hybridized carbons (Fsp3) is 0.556. The summed E-state index contributed by atoms with van der Waals surface area (Å²) in [5, 5.41) is 5.06. The molecule has 80 valence electrons. The average molecular weight is 233 g/mol. The van der Waals surface area contributed by atoms with Crippen LogP contribution in [0.25, 0.3) is 0 Å². The summed E-state index contributed by atoms with van der Waals surface area (Å²) in [7, 11) is -2.65. The first kappa shape index (κ1) is 11.8. The second-order valence-corrected chi connectivity index (χ2v) is 6.23. The van der Waals surface area contributed by atoms with Gasteiger partial charge in [-0.25, -0.2) is 8.42 Å². The molecular formula is C9H15NO2S2. The first-order chi connectivity index (χ1) is 6.71. The molecule has 0 saturated carbocycles. The molecule has 0 bridgehead atoms. The Morgan fingerprint density at radius 1 is 1.14 bits per heavy atom. The molecule has 0 aromatic carbocycles. The van der Waals surface area contributed by atoms with Crippen molar-refractivity contribution < 1.29 is 8.42 Å². The summed E-state index contributed by atoms with van der Waals surface area (Å²) >= 11 is 1.83. The van der Waals surface area contributed by atoms with Crippen LogP contribution in [0.2, 0.25) is 0 Å². The molecule has 14 heavy (non-hydrogen) atoms. The van der Waals surface area contributed by atoms with Crippen LogP contribution in [0.4, 0.5) is 0 Å². The highest BCUT2D eigenvalue weighted by molar-refractivity contribution is 8.02. The fourth-order valence-corrected chi connectivity index (χ4v) is 2.68. The molecule has 2 aliphatic heterocycles. The molecule has 0 aromatic rings. The van der Waals surface area contributed by atoms with E-state index < -0.39 is 9.84 Å². The lowest BCUT2D eigenvalue weighted by molar-refractivity contribution is 0.577. The SMILES string of the molecule is C1=CCSC=C1.O=S1(=O)CCNCC1. The van der Waals surface area contributed by atoms with E-state index in [1.54, 1.807) is 0 Å². The summed E-state index contributed by atoms with van der Waals surface area (Å²) in [4.78, 5) is 0. The van der Waals surface area contributed by atoms with Gasteiger partial charge in [0.15, 0.2) is 9.84 Å². The van der Waals surface area contributed by atoms with E-state index in [0.29, 0.717) is 24.6 Å². The molecule has 0 aromatic heterocycles. The Hall–Kier alpha value is -0.260. The Kier molecular flexibility index (Phi) is 5.29. The maximum absolute atomic E-state index is 10.6. The van der Waals surface area contributed by atoms with Gasteiger partial charge in [0.25, 0.3) is 0 Å². The van der Waals surface area contributed by atoms with Crippen LogP contribution in [0.5, 0.6) is 0 Å². The topological polar surface area (TPSA) is 46.2 Å². The Morgan fingerprint density at radius 2 is 1.86 bits per heavy atom. The summed E-state index contributed by atoms with van der Waals surface area (Å²) in [6.45, 7) is 1.25. The minimum atomic E-state index is -2.65. The summed E-state index contributed by atoms with van der Waals surface area (Å²) in [5.74, 6) is 1.77. The monoisotopic (exact) mass is 233 g/mol. The van der Waals surface area contributed by atoms with Crippen LogP contribution in [0.3, 0.4) is 0 Å². The fourth-order valence-electron chi connectivity index (χ4n) is 1.03. The van der Waals surface area contributed by atoms with E-state index >= 15 is 0 Å². The third-order valence-electron chi connectivity index (χ3n) is 1.79. The molecular weight excluding hydrogens is 218 g/mol. The molecule has 2 aliphatic rings. The first-order valence-corrected chi connectivity index (χ1v) is 7.42. The first-order valence-electron chi connectivity index (χ1n) is 4.55. The van der Waals surface area contributed by atoms with Crippen LogP contribution in [0.15, 0.2) is 23.6 Å². The third kappa shape index (κ3) is 5.47. The molecule has 3 nitrogen and oxygen atoms in total. The van der Waals surface area contributed by atoms with Gasteiger partial charge in [-0.05, 0) is 5.41 Å². The van der Waals surface area contributed by atoms with Gasteiger partial charge in [0.2, 0.25) is 0 Å². The lowest BCUT2D eigenvalue weighted by Gasteiger charge is -2.10. The van der Waals surface area contributed by atoms with Crippen LogP contribution in [-0.2, 0) is 9.84 Å². The molecule has 0 unspecified atom stereocenters. The zero-order valence-electron chi connectivity index (χ0n) is 7.98. The lowest BCUT2D eigenvalue weighted by atomic mass is 10.5. The number of thioether (sulfide) groups is 1. The van der Waals surface area contributed by atoms with Gasteiger partial charge in [-0.1, -0.05) is 18.2 Å². The van der Waals surface area contributed by atoms with Crippen LogP contribution < -0.4 is 5.32 Å². The summed E-state index contributed by atoms with van der Waals surface area (Å²) in [6.07, 6.45) is 6.26. The Morgan fingerprint density at radius 3 is 2.07 bits per heavy atom. The van der Waals surface area contributed by atoms with Gasteiger partial charge in [-0.2, -0.15) is 0 Å². The predicted molar refractivity (Wildman–Crippen MR) is 62.3 cm³/mol. The molecule has 0 atom stereocenters. The van der Waals surface area contributed by atoms with Crippen molar-refractivity contribution in [3.05, 3.63) is 23.6 Å². The number of rotatable bonds is 0. The third-order valence-corrected chi connectivity index (χ3v) is 4.18. The van der Waals surface area contributed by atoms with Gasteiger partial charge in [0.1, 0.15) is 0 Å². The molecule has 0 radical (unpaired) electrons. The van der Waals surface area contributed by atoms with Crippen molar-refractivity contribution in [3.63, 3.8) is 0 Å². The van der Waals surface area contributed by atoms with Crippen LogP contribution in [0.1, 0.15) is 0 Å². The molecule has 0 amide bonds. The predicted octanol–water partition coefficient (Wildman–Crippen LogP) is 0.807. The van der Waals surface area contributed by atoms with Crippen LogP contribution in [0, 0.1) is 0 Å². The number of allylic oxidation sites excluding steroid dienone is 2. The van der Waals surface area contributed by atoms with Crippen LogP contribution in [-0.4, -0.2) is 38.8 Å². The lowest BCUT2D eigenvalue weighted by Crippen LogP contribution is -2.35. The highest BCUT2D eigenvalue weighted by Crippen LogP contribution is 2.05. The molecule has 1 N–H and O–H groups in total. The van der Waals surface area contributed by atoms with Crippen molar-refractivity contribution in [1.29, 1.82) is 0 Å². The number of hydrogen-bond donors (Lipinski definition) is 1. The Bertz CT molecular complexity index is 283. The van der Waals surface area contributed by atoms with Gasteiger partial charge in [-0.15, -0.1) is 11.8 Å². The number of hydrogen-bond acceptors (Lipinski definition) is 4. The highest BCUT2D eigenvalue weighted by atomic mass is 32.2. The van der Waals surface area contributed by atoms with E-state index in [2.05, 4.69) is 22.9 Å². The molecule has 5 heteroatoms. The van der Waals surface area contributed by atoms with Crippen molar-refractivity contribution in [3.8, 4) is 0 Å². The average Bonchev–Trinajstić information content (AvgIpc) is 2.21. The van der Waals surface area contributed by atoms with Crippen molar-refractivity contribution >= 4 is 21.6 Å². The van der Waals surface area contributed by atoms with Gasteiger partial charge >= 0.3 is 0 Å². The molecule has 1 fully saturated rings. The minimum Gasteiger partial charge on any atom is -0.315 e. The van der Waals surface area contributed by atoms with Crippen molar-refractivity contribution in [1.82, 2.24) is 5.32 Å². The zero-order valence-corrected chi connectivity index (χ0v) is 9.61. The van der Waals surface area contributed by atoms with Gasteiger partial charge in [-0.3, -0.25) is 0 Å². The molecule has 1 saturated heterocycles. The second-order valence-electron chi connectivity index (χ2n) is 2.99. The number of nitrogens with one attached hydrogen (secondary N) is 1. The second kappa shape index (κ2) is 6.27. The quantitative estimate of drug-likeness (QED) is 0.672. The maximum atomic E-state index is 10.6. The molecule has 2 heterocycles. The van der Waals surface area contributed by atoms with E-state index in [4.69, 9.17) is 0 Å². The Balaban J connectivity index is 0.000000146. The standard InChI is InChI=1S/C5H6S.C4H9NO2S/c1-2-4-6-5-3-1;6-8(7)3-1-5-2-4-8/h1-4H,5H2;5H,1-4H2. The Labute approximate surface area is 89.6 Å². The summed E-state index contributed by atoms with van der Waals surface area (Å²) < 4.78 is 21.2. The number of sulfone groups is 1. The van der Waals surface area contributed by atoms with Crippen molar-refractivity contribution in [2.75, 3.05) is 30.3 Å². The van der Waals surface area contributed by atoms with Gasteiger partial charge in [0, 0.05) is 18.8 Å². The van der Waals surface area contributed by atoms with E-state index in [0.717, 1.165) is 5.75 Å². The van der Waals surface area contributed by atoms with E-state index in [9.17, 15) is 8.42 Å². The van der Waals surface area contributed by atoms with E-state index in [1.807, 2.05) is 17.8 Å². The van der Waals surface area contributed by atoms with E-state index in [-0.39, 0.29) is 0 Å².